The molecule has 1 saturated carbocycles. The monoisotopic (exact) mass is 127 g/mol. The van der Waals surface area contributed by atoms with E-state index in [1.54, 1.807) is 0 Å². The van der Waals surface area contributed by atoms with Gasteiger partial charge >= 0.3 is 0 Å². The highest BCUT2D eigenvalue weighted by Gasteiger charge is 2.50. The van der Waals surface area contributed by atoms with Crippen LogP contribution < -0.4 is 0 Å². The van der Waals surface area contributed by atoms with Gasteiger partial charge in [0.25, 0.3) is 0 Å². The van der Waals surface area contributed by atoms with E-state index >= 15 is 0 Å². The van der Waals surface area contributed by atoms with Gasteiger partial charge in [-0.05, 0) is 19.9 Å². The van der Waals surface area contributed by atoms with E-state index in [0.29, 0.717) is 5.92 Å². The molecule has 2 aliphatic rings. The van der Waals surface area contributed by atoms with Gasteiger partial charge in [-0.15, -0.1) is 0 Å². The van der Waals surface area contributed by atoms with E-state index in [1.807, 2.05) is 0 Å². The van der Waals surface area contributed by atoms with Crippen molar-refractivity contribution in [2.24, 2.45) is 5.92 Å². The third kappa shape index (κ3) is 0.634. The van der Waals surface area contributed by atoms with E-state index in [2.05, 4.69) is 11.9 Å². The van der Waals surface area contributed by atoms with E-state index < -0.39 is 0 Å². The van der Waals surface area contributed by atoms with Crippen molar-refractivity contribution >= 4 is 0 Å². The quantitative estimate of drug-likeness (QED) is 0.498. The summed E-state index contributed by atoms with van der Waals surface area (Å²) in [6, 6.07) is 0. The van der Waals surface area contributed by atoms with Gasteiger partial charge in [0.05, 0.1) is 5.60 Å². The van der Waals surface area contributed by atoms with Crippen molar-refractivity contribution < 1.29 is 5.11 Å². The number of hydrogen-bond donors (Lipinski definition) is 1. The number of β-amino-alcohol motifs (C(OH)–C–C–N with tert-alkyl or cyclic N) is 1. The number of hydrogen-bond acceptors (Lipinski definition) is 2. The average molecular weight is 127 g/mol. The molecule has 1 heterocycles. The molecule has 2 atom stereocenters. The molecule has 0 amide bonds. The minimum absolute atomic E-state index is 0.269. The summed E-state index contributed by atoms with van der Waals surface area (Å²) in [5.41, 5.74) is -0.269. The minimum atomic E-state index is -0.269. The first-order valence-electron chi connectivity index (χ1n) is 3.62. The molecule has 2 fully saturated rings. The van der Waals surface area contributed by atoms with Crippen LogP contribution in [0.5, 0.6) is 0 Å². The summed E-state index contributed by atoms with van der Waals surface area (Å²) in [5.74, 6) is 0.600. The Morgan fingerprint density at radius 2 is 2.44 bits per heavy atom. The fourth-order valence-electron chi connectivity index (χ4n) is 2.06. The molecule has 2 heteroatoms. The van der Waals surface area contributed by atoms with Crippen LogP contribution in [0.2, 0.25) is 0 Å². The van der Waals surface area contributed by atoms with Crippen LogP contribution >= 0.6 is 0 Å². The van der Waals surface area contributed by atoms with Crippen LogP contribution in [0.15, 0.2) is 0 Å². The molecule has 52 valence electrons. The van der Waals surface area contributed by atoms with E-state index in [9.17, 15) is 5.11 Å². The van der Waals surface area contributed by atoms with Crippen molar-refractivity contribution in [1.82, 2.24) is 4.90 Å². The van der Waals surface area contributed by atoms with Crippen LogP contribution in [-0.4, -0.2) is 35.7 Å². The van der Waals surface area contributed by atoms with Gasteiger partial charge in [0.1, 0.15) is 0 Å². The van der Waals surface area contributed by atoms with Gasteiger partial charge in [0.15, 0.2) is 0 Å². The van der Waals surface area contributed by atoms with Crippen LogP contribution in [0.4, 0.5) is 0 Å². The summed E-state index contributed by atoms with van der Waals surface area (Å²) in [7, 11) is 2.08. The van der Waals surface area contributed by atoms with Crippen LogP contribution in [0.3, 0.4) is 0 Å². The van der Waals surface area contributed by atoms with Gasteiger partial charge in [-0.1, -0.05) is 0 Å². The summed E-state index contributed by atoms with van der Waals surface area (Å²) in [5, 5.41) is 9.68. The number of aliphatic hydroxyl groups is 1. The Hall–Kier alpha value is -0.0800. The van der Waals surface area contributed by atoms with Crippen LogP contribution in [-0.2, 0) is 0 Å². The maximum Gasteiger partial charge on any atom is 0.0814 e. The number of fused-ring (bicyclic) bond motifs is 1. The number of rotatable bonds is 0. The molecule has 0 bridgehead atoms. The second-order valence-electron chi connectivity index (χ2n) is 3.54. The van der Waals surface area contributed by atoms with Gasteiger partial charge in [-0.2, -0.15) is 0 Å². The molecule has 0 unspecified atom stereocenters. The van der Waals surface area contributed by atoms with Gasteiger partial charge in [-0.3, -0.25) is 0 Å². The number of likely N-dealkylation sites (tertiary alicyclic amines) is 1. The minimum Gasteiger partial charge on any atom is -0.388 e. The van der Waals surface area contributed by atoms with Crippen molar-refractivity contribution in [2.45, 2.75) is 18.4 Å². The number of likely N-dealkylation sites (N-methyl/N-ethyl adjacent to an activating group) is 1. The fraction of sp³-hybridized carbons (Fsp3) is 1.00. The Balaban J connectivity index is 2.12. The van der Waals surface area contributed by atoms with Gasteiger partial charge in [0.2, 0.25) is 0 Å². The third-order valence-corrected chi connectivity index (χ3v) is 2.76. The Morgan fingerprint density at radius 3 is 2.67 bits per heavy atom. The molecule has 0 radical (unpaired) electrons. The largest absolute Gasteiger partial charge is 0.388 e. The lowest BCUT2D eigenvalue weighted by Gasteiger charge is -2.38. The second-order valence-corrected chi connectivity index (χ2v) is 3.54. The highest BCUT2D eigenvalue weighted by molar-refractivity contribution is 5.03. The zero-order valence-corrected chi connectivity index (χ0v) is 5.80. The zero-order valence-electron chi connectivity index (χ0n) is 5.80. The molecule has 0 spiro atoms. The Morgan fingerprint density at radius 1 is 1.67 bits per heavy atom. The van der Waals surface area contributed by atoms with Gasteiger partial charge in [-0.25, -0.2) is 0 Å². The molecule has 1 N–H and O–H groups in total. The van der Waals surface area contributed by atoms with Crippen molar-refractivity contribution in [3.8, 4) is 0 Å². The first-order valence-corrected chi connectivity index (χ1v) is 3.62. The standard InChI is InChI=1S/C7H13NO/c1-8-4-6-2-3-7(6,9)5-8/h6,9H,2-5H2,1H3/t6-,7-/m0/s1. The molecule has 1 saturated heterocycles. The topological polar surface area (TPSA) is 23.5 Å². The van der Waals surface area contributed by atoms with Crippen LogP contribution in [0.1, 0.15) is 12.8 Å². The normalized spacial score (nSPS) is 50.7. The Bertz CT molecular complexity index is 137. The maximum atomic E-state index is 9.68. The first-order chi connectivity index (χ1) is 4.21. The average Bonchev–Trinajstić information content (AvgIpc) is 1.94. The lowest BCUT2D eigenvalue weighted by atomic mass is 9.72. The van der Waals surface area contributed by atoms with Crippen molar-refractivity contribution in [2.75, 3.05) is 20.1 Å². The highest BCUT2D eigenvalue weighted by Crippen LogP contribution is 2.43. The Kier molecular flexibility index (Phi) is 0.945. The van der Waals surface area contributed by atoms with Crippen molar-refractivity contribution in [3.63, 3.8) is 0 Å². The molecule has 0 aromatic heterocycles. The molecule has 0 aromatic carbocycles. The van der Waals surface area contributed by atoms with Gasteiger partial charge < -0.3 is 10.0 Å². The SMILES string of the molecule is CN1C[C@@H]2CC[C@]2(O)C1. The van der Waals surface area contributed by atoms with E-state index in [-0.39, 0.29) is 5.60 Å². The smallest absolute Gasteiger partial charge is 0.0814 e. The van der Waals surface area contributed by atoms with Crippen LogP contribution in [0, 0.1) is 5.92 Å². The van der Waals surface area contributed by atoms with Crippen molar-refractivity contribution in [3.05, 3.63) is 0 Å². The molecular formula is C7H13NO. The zero-order chi connectivity index (χ0) is 6.48. The molecule has 1 aliphatic carbocycles. The summed E-state index contributed by atoms with van der Waals surface area (Å²) < 4.78 is 0. The van der Waals surface area contributed by atoms with Crippen molar-refractivity contribution in [1.29, 1.82) is 0 Å². The molecule has 1 aliphatic heterocycles. The summed E-state index contributed by atoms with van der Waals surface area (Å²) in [6.07, 6.45) is 2.27. The highest BCUT2D eigenvalue weighted by atomic mass is 16.3. The predicted octanol–water partition coefficient (Wildman–Crippen LogP) is 0.0729. The predicted molar refractivity (Wildman–Crippen MR) is 35.2 cm³/mol. The lowest BCUT2D eigenvalue weighted by Crippen LogP contribution is -2.46. The third-order valence-electron chi connectivity index (χ3n) is 2.76. The Labute approximate surface area is 55.5 Å². The molecule has 2 nitrogen and oxygen atoms in total. The van der Waals surface area contributed by atoms with E-state index in [4.69, 9.17) is 0 Å². The maximum absolute atomic E-state index is 9.68. The second kappa shape index (κ2) is 1.50. The lowest BCUT2D eigenvalue weighted by molar-refractivity contribution is -0.0588. The molecule has 9 heavy (non-hydrogen) atoms. The number of nitrogens with zero attached hydrogens (tertiary/aromatic N) is 1. The van der Waals surface area contributed by atoms with E-state index in [1.165, 1.54) is 6.42 Å². The molecule has 2 rings (SSSR count). The van der Waals surface area contributed by atoms with Crippen LogP contribution in [0.25, 0.3) is 0 Å². The first kappa shape index (κ1) is 5.69. The summed E-state index contributed by atoms with van der Waals surface area (Å²) in [6.45, 7) is 2.01. The molecular weight excluding hydrogens is 114 g/mol. The fourth-order valence-corrected chi connectivity index (χ4v) is 2.06. The van der Waals surface area contributed by atoms with E-state index in [0.717, 1.165) is 19.5 Å². The van der Waals surface area contributed by atoms with Gasteiger partial charge in [0, 0.05) is 19.0 Å². The molecule has 0 aromatic rings. The summed E-state index contributed by atoms with van der Waals surface area (Å²) >= 11 is 0. The summed E-state index contributed by atoms with van der Waals surface area (Å²) in [4.78, 5) is 2.22.